The fourth-order valence-corrected chi connectivity index (χ4v) is 3.32. The predicted octanol–water partition coefficient (Wildman–Crippen LogP) is 5.48. The van der Waals surface area contributed by atoms with Gasteiger partial charge in [-0.25, -0.2) is 0 Å². The summed E-state index contributed by atoms with van der Waals surface area (Å²) in [5.41, 5.74) is 7.08. The van der Waals surface area contributed by atoms with Crippen LogP contribution in [-0.4, -0.2) is 16.6 Å². The van der Waals surface area contributed by atoms with E-state index in [1.807, 2.05) is 50.2 Å². The number of carbonyl (C=O) groups excluding carboxylic acids is 1. The molecule has 3 aromatic rings. The number of hydrogen-bond acceptors (Lipinski definition) is 3. The molecule has 27 heavy (non-hydrogen) atoms. The second-order valence-corrected chi connectivity index (χ2v) is 7.08. The van der Waals surface area contributed by atoms with Crippen molar-refractivity contribution in [3.63, 3.8) is 0 Å². The van der Waals surface area contributed by atoms with E-state index in [4.69, 9.17) is 16.6 Å². The molecule has 0 fully saturated rings. The number of aromatic nitrogens is 1. The highest BCUT2D eigenvalue weighted by Crippen LogP contribution is 2.34. The Kier molecular flexibility index (Phi) is 4.50. The molecule has 0 unspecified atom stereocenters. The van der Waals surface area contributed by atoms with Crippen molar-refractivity contribution in [1.29, 1.82) is 0 Å². The van der Waals surface area contributed by atoms with Crippen LogP contribution in [0.15, 0.2) is 59.7 Å². The Balaban J connectivity index is 1.80. The van der Waals surface area contributed by atoms with Gasteiger partial charge in [-0.1, -0.05) is 29.8 Å². The van der Waals surface area contributed by atoms with E-state index < -0.39 is 0 Å². The first kappa shape index (κ1) is 17.4. The zero-order valence-corrected chi connectivity index (χ0v) is 15.8. The molecule has 134 valence electrons. The van der Waals surface area contributed by atoms with Crippen LogP contribution in [0.3, 0.4) is 0 Å². The van der Waals surface area contributed by atoms with Crippen molar-refractivity contribution in [3.05, 3.63) is 76.6 Å². The maximum absolute atomic E-state index is 12.4. The lowest BCUT2D eigenvalue weighted by atomic mass is 10.00. The standard InChI is InChI=1S/C22H18ClN3O/c1-13-8-20-21(11-18(13)23)26-22(27)12-19(25-20)17-5-3-4-15(10-17)16-6-7-24-14(2)9-16/h3-11H,12H2,1-2H3,(H,26,27). The monoisotopic (exact) mass is 375 g/mol. The summed E-state index contributed by atoms with van der Waals surface area (Å²) in [5.74, 6) is -0.0995. The summed E-state index contributed by atoms with van der Waals surface area (Å²) in [6.45, 7) is 3.90. The predicted molar refractivity (Wildman–Crippen MR) is 110 cm³/mol. The Labute approximate surface area is 162 Å². The summed E-state index contributed by atoms with van der Waals surface area (Å²) in [4.78, 5) is 21.4. The summed E-state index contributed by atoms with van der Waals surface area (Å²) in [6, 6.07) is 15.8. The van der Waals surface area contributed by atoms with E-state index in [0.717, 1.165) is 39.3 Å². The smallest absolute Gasteiger partial charge is 0.230 e. The minimum Gasteiger partial charge on any atom is -0.324 e. The second kappa shape index (κ2) is 6.97. The molecule has 0 spiro atoms. The average Bonchev–Trinajstić information content (AvgIpc) is 2.80. The van der Waals surface area contributed by atoms with E-state index in [1.54, 1.807) is 12.3 Å². The van der Waals surface area contributed by atoms with Crippen LogP contribution >= 0.6 is 11.6 Å². The largest absolute Gasteiger partial charge is 0.324 e. The first-order valence-corrected chi connectivity index (χ1v) is 9.08. The van der Waals surface area contributed by atoms with Crippen LogP contribution < -0.4 is 5.32 Å². The Morgan fingerprint density at radius 1 is 1.00 bits per heavy atom. The third-order valence-corrected chi connectivity index (χ3v) is 4.97. The molecular formula is C22H18ClN3O. The van der Waals surface area contributed by atoms with Gasteiger partial charge in [-0.15, -0.1) is 0 Å². The minimum absolute atomic E-state index is 0.0995. The molecule has 1 aliphatic heterocycles. The van der Waals surface area contributed by atoms with Crippen LogP contribution in [0.5, 0.6) is 0 Å². The maximum Gasteiger partial charge on any atom is 0.230 e. The fraction of sp³-hybridized carbons (Fsp3) is 0.136. The molecule has 0 saturated heterocycles. The molecule has 5 heteroatoms. The third kappa shape index (κ3) is 3.62. The van der Waals surface area contributed by atoms with Crippen LogP contribution in [0.25, 0.3) is 11.1 Å². The molecule has 1 aliphatic rings. The number of anilines is 1. The molecule has 2 heterocycles. The highest BCUT2D eigenvalue weighted by Gasteiger charge is 2.18. The van der Waals surface area contributed by atoms with Crippen LogP contribution in [-0.2, 0) is 4.79 Å². The van der Waals surface area contributed by atoms with Gasteiger partial charge in [0.1, 0.15) is 0 Å². The number of pyridine rings is 1. The molecule has 1 aromatic heterocycles. The first-order chi connectivity index (χ1) is 13.0. The summed E-state index contributed by atoms with van der Waals surface area (Å²) in [5, 5.41) is 3.51. The number of halogens is 1. The zero-order valence-electron chi connectivity index (χ0n) is 15.1. The summed E-state index contributed by atoms with van der Waals surface area (Å²) < 4.78 is 0. The number of fused-ring (bicyclic) bond motifs is 1. The van der Waals surface area contributed by atoms with Crippen molar-refractivity contribution in [3.8, 4) is 11.1 Å². The van der Waals surface area contributed by atoms with Gasteiger partial charge in [0.15, 0.2) is 0 Å². The number of benzene rings is 2. The molecule has 0 radical (unpaired) electrons. The van der Waals surface area contributed by atoms with Crippen molar-refractivity contribution in [2.24, 2.45) is 4.99 Å². The van der Waals surface area contributed by atoms with Crippen LogP contribution in [0, 0.1) is 13.8 Å². The number of rotatable bonds is 2. The van der Waals surface area contributed by atoms with Gasteiger partial charge < -0.3 is 5.32 Å². The number of amides is 1. The van der Waals surface area contributed by atoms with Crippen molar-refractivity contribution in [2.75, 3.05) is 5.32 Å². The molecule has 4 nitrogen and oxygen atoms in total. The van der Waals surface area contributed by atoms with Crippen LogP contribution in [0.1, 0.15) is 23.2 Å². The fourth-order valence-electron chi connectivity index (χ4n) is 3.16. The van der Waals surface area contributed by atoms with Gasteiger partial charge in [-0.3, -0.25) is 14.8 Å². The molecule has 0 bridgehead atoms. The first-order valence-electron chi connectivity index (χ1n) is 8.70. The molecular weight excluding hydrogens is 358 g/mol. The number of aliphatic imine (C=N–C) groups is 1. The third-order valence-electron chi connectivity index (χ3n) is 4.56. The molecule has 0 aliphatic carbocycles. The lowest BCUT2D eigenvalue weighted by Crippen LogP contribution is -2.15. The summed E-state index contributed by atoms with van der Waals surface area (Å²) in [6.07, 6.45) is 2.01. The Hall–Kier alpha value is -2.98. The molecule has 4 rings (SSSR count). The quantitative estimate of drug-likeness (QED) is 0.644. The zero-order chi connectivity index (χ0) is 19.0. The minimum atomic E-state index is -0.0995. The number of hydrogen-bond donors (Lipinski definition) is 1. The van der Waals surface area contributed by atoms with Crippen molar-refractivity contribution in [2.45, 2.75) is 20.3 Å². The van der Waals surface area contributed by atoms with E-state index >= 15 is 0 Å². The lowest BCUT2D eigenvalue weighted by Gasteiger charge is -2.08. The molecule has 1 N–H and O–H groups in total. The van der Waals surface area contributed by atoms with Gasteiger partial charge in [0.25, 0.3) is 0 Å². The number of carbonyl (C=O) groups is 1. The van der Waals surface area contributed by atoms with Gasteiger partial charge in [0.05, 0.1) is 23.5 Å². The van der Waals surface area contributed by atoms with Crippen molar-refractivity contribution < 1.29 is 4.79 Å². The van der Waals surface area contributed by atoms with Crippen molar-refractivity contribution in [1.82, 2.24) is 4.98 Å². The van der Waals surface area contributed by atoms with E-state index in [0.29, 0.717) is 10.7 Å². The number of nitrogens with one attached hydrogen (secondary N) is 1. The normalized spacial score (nSPS) is 13.4. The average molecular weight is 376 g/mol. The summed E-state index contributed by atoms with van der Waals surface area (Å²) in [7, 11) is 0. The van der Waals surface area contributed by atoms with Gasteiger partial charge in [-0.05, 0) is 66.4 Å². The molecule has 2 aromatic carbocycles. The second-order valence-electron chi connectivity index (χ2n) is 6.67. The lowest BCUT2D eigenvalue weighted by molar-refractivity contribution is -0.115. The van der Waals surface area contributed by atoms with Gasteiger partial charge >= 0.3 is 0 Å². The SMILES string of the molecule is Cc1cc(-c2cccc(C3=Nc4cc(C)c(Cl)cc4NC(=O)C3)c2)ccn1. The maximum atomic E-state index is 12.4. The summed E-state index contributed by atoms with van der Waals surface area (Å²) >= 11 is 6.20. The molecule has 0 saturated carbocycles. The molecule has 0 atom stereocenters. The topological polar surface area (TPSA) is 54.4 Å². The Morgan fingerprint density at radius 3 is 2.59 bits per heavy atom. The van der Waals surface area contributed by atoms with Gasteiger partial charge in [0.2, 0.25) is 5.91 Å². The van der Waals surface area contributed by atoms with Gasteiger partial charge in [-0.2, -0.15) is 0 Å². The van der Waals surface area contributed by atoms with E-state index in [1.165, 1.54) is 0 Å². The van der Waals surface area contributed by atoms with E-state index in [9.17, 15) is 4.79 Å². The van der Waals surface area contributed by atoms with Crippen LogP contribution in [0.2, 0.25) is 5.02 Å². The van der Waals surface area contributed by atoms with E-state index in [2.05, 4.69) is 16.4 Å². The van der Waals surface area contributed by atoms with E-state index in [-0.39, 0.29) is 12.3 Å². The highest BCUT2D eigenvalue weighted by atomic mass is 35.5. The van der Waals surface area contributed by atoms with Gasteiger partial charge in [0, 0.05) is 16.9 Å². The van der Waals surface area contributed by atoms with Crippen molar-refractivity contribution >= 4 is 34.6 Å². The Morgan fingerprint density at radius 2 is 1.78 bits per heavy atom. The Bertz CT molecular complexity index is 1090. The highest BCUT2D eigenvalue weighted by molar-refractivity contribution is 6.32. The number of nitrogens with zero attached hydrogens (tertiary/aromatic N) is 2. The molecule has 1 amide bonds. The van der Waals surface area contributed by atoms with Crippen LogP contribution in [0.4, 0.5) is 11.4 Å². The number of aryl methyl sites for hydroxylation is 2.